The molecule has 1 unspecified atom stereocenters. The van der Waals surface area contributed by atoms with Crippen molar-refractivity contribution in [2.45, 2.75) is 50.9 Å². The van der Waals surface area contributed by atoms with Gasteiger partial charge in [-0.05, 0) is 92.9 Å². The fourth-order valence-corrected chi connectivity index (χ4v) is 5.11. The molecule has 0 radical (unpaired) electrons. The number of ether oxygens (including phenoxy) is 1. The minimum Gasteiger partial charge on any atom is -0.457 e. The van der Waals surface area contributed by atoms with Gasteiger partial charge in [0.15, 0.2) is 0 Å². The van der Waals surface area contributed by atoms with Gasteiger partial charge in [0, 0.05) is 36.3 Å². The number of anilines is 1. The third-order valence-corrected chi connectivity index (χ3v) is 6.92. The zero-order valence-electron chi connectivity index (χ0n) is 21.7. The number of pyridine rings is 1. The average Bonchev–Trinajstić information content (AvgIpc) is 2.87. The van der Waals surface area contributed by atoms with Crippen LogP contribution in [0.5, 0.6) is 11.5 Å². The van der Waals surface area contributed by atoms with Crippen LogP contribution in [0.2, 0.25) is 0 Å². The zero-order chi connectivity index (χ0) is 27.7. The van der Waals surface area contributed by atoms with Crippen LogP contribution in [0, 0.1) is 0 Å². The minimum atomic E-state index is -4.54. The number of rotatable bonds is 6. The Kier molecular flexibility index (Phi) is 7.31. The number of nitrogens with one attached hydrogen (secondary N) is 2. The van der Waals surface area contributed by atoms with Gasteiger partial charge >= 0.3 is 6.18 Å². The molecular weight excluding hydrogens is 509 g/mol. The largest absolute Gasteiger partial charge is 0.457 e. The van der Waals surface area contributed by atoms with Crippen molar-refractivity contribution in [1.29, 1.82) is 0 Å². The molecule has 5 rings (SSSR count). The van der Waals surface area contributed by atoms with E-state index in [0.717, 1.165) is 35.2 Å². The first-order chi connectivity index (χ1) is 18.5. The van der Waals surface area contributed by atoms with Crippen molar-refractivity contribution in [3.8, 4) is 11.5 Å². The lowest BCUT2D eigenvalue weighted by Crippen LogP contribution is -2.39. The molecule has 39 heavy (non-hydrogen) atoms. The maximum absolute atomic E-state index is 13.5. The summed E-state index contributed by atoms with van der Waals surface area (Å²) in [5.74, 6) is 1.16. The van der Waals surface area contributed by atoms with E-state index in [2.05, 4.69) is 15.6 Å². The number of aromatic nitrogens is 1. The summed E-state index contributed by atoms with van der Waals surface area (Å²) in [6.07, 6.45) is -0.116. The van der Waals surface area contributed by atoms with Gasteiger partial charge in [0.05, 0.1) is 5.56 Å². The monoisotopic (exact) mass is 538 g/mol. The smallest absolute Gasteiger partial charge is 0.416 e. The first kappa shape index (κ1) is 26.7. The van der Waals surface area contributed by atoms with E-state index < -0.39 is 17.6 Å². The van der Waals surface area contributed by atoms with Gasteiger partial charge in [-0.2, -0.15) is 13.2 Å². The van der Waals surface area contributed by atoms with E-state index in [1.54, 1.807) is 31.3 Å². The maximum atomic E-state index is 13.5. The molecule has 0 fully saturated rings. The fourth-order valence-electron chi connectivity index (χ4n) is 5.11. The quantitative estimate of drug-likeness (QED) is 0.455. The van der Waals surface area contributed by atoms with E-state index in [4.69, 9.17) is 4.74 Å². The van der Waals surface area contributed by atoms with Crippen molar-refractivity contribution in [3.05, 3.63) is 82.0 Å². The summed E-state index contributed by atoms with van der Waals surface area (Å²) >= 11 is 0. The van der Waals surface area contributed by atoms with Crippen molar-refractivity contribution in [2.75, 3.05) is 19.4 Å². The highest BCUT2D eigenvalue weighted by Crippen LogP contribution is 2.35. The molecule has 10 heteroatoms. The molecule has 204 valence electrons. The second-order valence-corrected chi connectivity index (χ2v) is 10.3. The molecule has 0 spiro atoms. The van der Waals surface area contributed by atoms with E-state index in [0.29, 0.717) is 48.6 Å². The SMILES string of the molecule is CN(C)Cc1cc(C(=O)NC2CCc3ccc(Oc4ccnc5c4CCC(=O)N5)cc3C2)cc(C(F)(F)F)c1. The third-order valence-electron chi connectivity index (χ3n) is 6.92. The van der Waals surface area contributed by atoms with Crippen LogP contribution >= 0.6 is 0 Å². The molecule has 1 atom stereocenters. The summed E-state index contributed by atoms with van der Waals surface area (Å²) in [6.45, 7) is 0.289. The third kappa shape index (κ3) is 6.22. The topological polar surface area (TPSA) is 83.6 Å². The van der Waals surface area contributed by atoms with Crippen LogP contribution in [0.25, 0.3) is 0 Å². The number of hydrogen-bond acceptors (Lipinski definition) is 5. The number of fused-ring (bicyclic) bond motifs is 2. The molecule has 2 N–H and O–H groups in total. The predicted octanol–water partition coefficient (Wildman–Crippen LogP) is 5.13. The lowest BCUT2D eigenvalue weighted by Gasteiger charge is -2.26. The number of halogens is 3. The van der Waals surface area contributed by atoms with E-state index >= 15 is 0 Å². The number of amides is 2. The first-order valence-electron chi connectivity index (χ1n) is 12.8. The second kappa shape index (κ2) is 10.7. The Labute approximate surface area is 224 Å². The Bertz CT molecular complexity index is 1420. The van der Waals surface area contributed by atoms with E-state index in [1.807, 2.05) is 18.2 Å². The van der Waals surface area contributed by atoms with E-state index in [1.165, 1.54) is 6.07 Å². The molecule has 0 saturated carbocycles. The molecule has 2 aromatic carbocycles. The predicted molar refractivity (Wildman–Crippen MR) is 140 cm³/mol. The Morgan fingerprint density at radius 1 is 1.10 bits per heavy atom. The Morgan fingerprint density at radius 3 is 2.69 bits per heavy atom. The average molecular weight is 539 g/mol. The van der Waals surface area contributed by atoms with Crippen molar-refractivity contribution < 1.29 is 27.5 Å². The van der Waals surface area contributed by atoms with E-state index in [9.17, 15) is 22.8 Å². The summed E-state index contributed by atoms with van der Waals surface area (Å²) in [7, 11) is 3.53. The number of benzene rings is 2. The van der Waals surface area contributed by atoms with Crippen LogP contribution in [-0.4, -0.2) is 41.8 Å². The number of carbonyl (C=O) groups is 2. The second-order valence-electron chi connectivity index (χ2n) is 10.3. The molecule has 1 aromatic heterocycles. The number of carbonyl (C=O) groups excluding carboxylic acids is 2. The number of aryl methyl sites for hydroxylation is 1. The van der Waals surface area contributed by atoms with Crippen molar-refractivity contribution in [2.24, 2.45) is 0 Å². The van der Waals surface area contributed by atoms with Crippen molar-refractivity contribution >= 4 is 17.6 Å². The summed E-state index contributed by atoms with van der Waals surface area (Å²) in [6, 6.07) is 10.9. The maximum Gasteiger partial charge on any atom is 0.416 e. The standard InChI is InChI=1S/C29H29F3N4O3/c1-36(2)16-17-11-20(13-21(12-17)29(30,31)32)28(38)34-22-5-3-18-4-6-23(15-19(18)14-22)39-25-9-10-33-27-24(25)7-8-26(37)35-27/h4,6,9-13,15,22H,3,5,7-8,14,16H2,1-2H3,(H,34,38)(H,33,35,37). The van der Waals surface area contributed by atoms with Gasteiger partial charge in [0.1, 0.15) is 17.3 Å². The van der Waals surface area contributed by atoms with Crippen LogP contribution in [0.1, 0.15) is 51.0 Å². The highest BCUT2D eigenvalue weighted by molar-refractivity contribution is 5.95. The summed E-state index contributed by atoms with van der Waals surface area (Å²) < 4.78 is 46.7. The summed E-state index contributed by atoms with van der Waals surface area (Å²) in [4.78, 5) is 30.7. The number of hydrogen-bond donors (Lipinski definition) is 2. The summed E-state index contributed by atoms with van der Waals surface area (Å²) in [5.41, 5.74) is 2.59. The molecule has 2 amide bonds. The molecule has 1 aliphatic carbocycles. The highest BCUT2D eigenvalue weighted by Gasteiger charge is 2.32. The molecular formula is C29H29F3N4O3. The van der Waals surface area contributed by atoms with Gasteiger partial charge in [-0.15, -0.1) is 0 Å². The van der Waals surface area contributed by atoms with Crippen LogP contribution in [-0.2, 0) is 36.8 Å². The highest BCUT2D eigenvalue weighted by atomic mass is 19.4. The Balaban J connectivity index is 1.31. The normalized spacial score (nSPS) is 16.8. The number of alkyl halides is 3. The molecule has 0 bridgehead atoms. The van der Waals surface area contributed by atoms with Crippen molar-refractivity contribution in [3.63, 3.8) is 0 Å². The Hall–Kier alpha value is -3.92. The summed E-state index contributed by atoms with van der Waals surface area (Å²) in [5, 5.41) is 5.70. The van der Waals surface area contributed by atoms with E-state index in [-0.39, 0.29) is 24.1 Å². The van der Waals surface area contributed by atoms with Crippen molar-refractivity contribution in [1.82, 2.24) is 15.2 Å². The van der Waals surface area contributed by atoms with Gasteiger partial charge in [-0.25, -0.2) is 4.98 Å². The van der Waals surface area contributed by atoms with Crippen LogP contribution in [0.4, 0.5) is 19.0 Å². The Morgan fingerprint density at radius 2 is 1.92 bits per heavy atom. The molecule has 7 nitrogen and oxygen atoms in total. The molecule has 2 aliphatic rings. The van der Waals surface area contributed by atoms with Gasteiger partial charge in [0.25, 0.3) is 5.91 Å². The fraction of sp³-hybridized carbons (Fsp3) is 0.345. The van der Waals surface area contributed by atoms with Gasteiger partial charge in [-0.1, -0.05) is 6.07 Å². The lowest BCUT2D eigenvalue weighted by molar-refractivity contribution is -0.137. The van der Waals surface area contributed by atoms with Gasteiger partial charge < -0.3 is 20.3 Å². The molecule has 2 heterocycles. The van der Waals surface area contributed by atoms with Crippen LogP contribution in [0.15, 0.2) is 48.7 Å². The first-order valence-corrected chi connectivity index (χ1v) is 12.8. The molecule has 1 aliphatic heterocycles. The zero-order valence-corrected chi connectivity index (χ0v) is 21.7. The van der Waals surface area contributed by atoms with Gasteiger partial charge in [-0.3, -0.25) is 9.59 Å². The van der Waals surface area contributed by atoms with Crippen LogP contribution in [0.3, 0.4) is 0 Å². The molecule has 3 aromatic rings. The molecule has 0 saturated heterocycles. The minimum absolute atomic E-state index is 0.000826. The number of nitrogens with zero attached hydrogens (tertiary/aromatic N) is 2. The van der Waals surface area contributed by atoms with Gasteiger partial charge in [0.2, 0.25) is 5.91 Å². The lowest BCUT2D eigenvalue weighted by atomic mass is 9.88. The van der Waals surface area contributed by atoms with Crippen LogP contribution < -0.4 is 15.4 Å².